The van der Waals surface area contributed by atoms with Crippen molar-refractivity contribution in [3.05, 3.63) is 52.3 Å². The second kappa shape index (κ2) is 6.60. The Kier molecular flexibility index (Phi) is 4.78. The predicted molar refractivity (Wildman–Crippen MR) is 86.7 cm³/mol. The summed E-state index contributed by atoms with van der Waals surface area (Å²) in [6.07, 6.45) is 1.67. The van der Waals surface area contributed by atoms with Crippen molar-refractivity contribution >= 4 is 11.6 Å². The zero-order valence-corrected chi connectivity index (χ0v) is 13.6. The molecule has 0 N–H and O–H groups in total. The van der Waals surface area contributed by atoms with Crippen LogP contribution in [0, 0.1) is 10.1 Å². The molecule has 0 radical (unpaired) electrons. The lowest BCUT2D eigenvalue weighted by molar-refractivity contribution is -0.384. The second-order valence-electron chi connectivity index (χ2n) is 5.82. The number of nitro groups is 1. The molecule has 2 rings (SSSR count). The highest BCUT2D eigenvalue weighted by molar-refractivity contribution is 5.92. The van der Waals surface area contributed by atoms with Gasteiger partial charge in [0.05, 0.1) is 10.6 Å². The van der Waals surface area contributed by atoms with E-state index in [4.69, 9.17) is 0 Å². The molecule has 2 aromatic rings. The average Bonchev–Trinajstić information content (AvgIpc) is 2.96. The third-order valence-corrected chi connectivity index (χ3v) is 3.48. The maximum atomic E-state index is 12.6. The minimum atomic E-state index is -0.453. The molecule has 0 aliphatic rings. The number of nitrogens with zero attached hydrogens (tertiary/aromatic N) is 4. The molecule has 0 fully saturated rings. The first-order chi connectivity index (χ1) is 10.8. The number of carbonyl (C=O) groups excluding carboxylic acids is 1. The first-order valence-electron chi connectivity index (χ1n) is 7.44. The monoisotopic (exact) mass is 316 g/mol. The fraction of sp³-hybridized carbons (Fsp3) is 0.375. The van der Waals surface area contributed by atoms with Gasteiger partial charge in [-0.1, -0.05) is 0 Å². The summed E-state index contributed by atoms with van der Waals surface area (Å²) >= 11 is 0. The largest absolute Gasteiger partial charge is 0.332 e. The summed E-state index contributed by atoms with van der Waals surface area (Å²) in [7, 11) is 0. The van der Waals surface area contributed by atoms with Gasteiger partial charge in [0.25, 0.3) is 11.6 Å². The summed E-state index contributed by atoms with van der Waals surface area (Å²) in [6.45, 7) is 7.85. The summed E-state index contributed by atoms with van der Waals surface area (Å²) in [5.74, 6) is -0.129. The molecule has 0 saturated carbocycles. The van der Waals surface area contributed by atoms with E-state index in [1.165, 1.54) is 16.8 Å². The number of carbonyl (C=O) groups is 1. The maximum absolute atomic E-state index is 12.6. The molecule has 7 nitrogen and oxygen atoms in total. The van der Waals surface area contributed by atoms with Crippen molar-refractivity contribution in [2.75, 3.05) is 0 Å². The summed E-state index contributed by atoms with van der Waals surface area (Å²) in [5.41, 5.74) is 1.03. The Bertz CT molecular complexity index is 696. The van der Waals surface area contributed by atoms with E-state index in [0.29, 0.717) is 11.4 Å². The minimum Gasteiger partial charge on any atom is -0.332 e. The van der Waals surface area contributed by atoms with Crippen LogP contribution in [0.25, 0.3) is 5.69 Å². The van der Waals surface area contributed by atoms with Gasteiger partial charge in [-0.15, -0.1) is 0 Å². The molecular weight excluding hydrogens is 296 g/mol. The lowest BCUT2D eigenvalue weighted by atomic mass is 10.2. The van der Waals surface area contributed by atoms with Gasteiger partial charge in [0, 0.05) is 30.4 Å². The van der Waals surface area contributed by atoms with Gasteiger partial charge >= 0.3 is 0 Å². The Morgan fingerprint density at radius 3 is 2.17 bits per heavy atom. The Hall–Kier alpha value is -2.70. The molecule has 0 aliphatic carbocycles. The Labute approximate surface area is 134 Å². The lowest BCUT2D eigenvalue weighted by Crippen LogP contribution is -2.42. The van der Waals surface area contributed by atoms with Gasteiger partial charge < -0.3 is 4.90 Å². The van der Waals surface area contributed by atoms with Gasteiger partial charge in [-0.2, -0.15) is 5.10 Å². The molecule has 1 aromatic carbocycles. The number of aromatic nitrogens is 2. The zero-order valence-electron chi connectivity index (χ0n) is 13.6. The number of hydrogen-bond acceptors (Lipinski definition) is 4. The van der Waals surface area contributed by atoms with E-state index in [2.05, 4.69) is 5.10 Å². The van der Waals surface area contributed by atoms with Crippen LogP contribution in [0.4, 0.5) is 5.69 Å². The molecule has 122 valence electrons. The van der Waals surface area contributed by atoms with Gasteiger partial charge in [-0.05, 0) is 45.9 Å². The first-order valence-corrected chi connectivity index (χ1v) is 7.44. The van der Waals surface area contributed by atoms with Crippen LogP contribution in [-0.2, 0) is 0 Å². The molecular formula is C16H20N4O3. The molecule has 0 unspecified atom stereocenters. The number of amides is 1. The van der Waals surface area contributed by atoms with Crippen LogP contribution in [0.3, 0.4) is 0 Å². The molecule has 1 heterocycles. The standard InChI is InChI=1S/C16H20N4O3/c1-11(2)19(12(3)4)16(21)15-9-10-18(17-15)13-5-7-14(8-6-13)20(22)23/h5-12H,1-4H3. The van der Waals surface area contributed by atoms with Crippen LogP contribution in [0.5, 0.6) is 0 Å². The van der Waals surface area contributed by atoms with Gasteiger partial charge in [0.15, 0.2) is 5.69 Å². The van der Waals surface area contributed by atoms with E-state index in [1.807, 2.05) is 27.7 Å². The zero-order chi connectivity index (χ0) is 17.1. The third-order valence-electron chi connectivity index (χ3n) is 3.48. The quantitative estimate of drug-likeness (QED) is 0.627. The highest BCUT2D eigenvalue weighted by atomic mass is 16.6. The van der Waals surface area contributed by atoms with Crippen molar-refractivity contribution in [3.8, 4) is 5.69 Å². The van der Waals surface area contributed by atoms with Gasteiger partial charge in [-0.3, -0.25) is 14.9 Å². The number of hydrogen-bond donors (Lipinski definition) is 0. The summed E-state index contributed by atoms with van der Waals surface area (Å²) in [6, 6.07) is 7.82. The number of benzene rings is 1. The number of non-ortho nitro benzene ring substituents is 1. The van der Waals surface area contributed by atoms with Gasteiger partial charge in [-0.25, -0.2) is 4.68 Å². The van der Waals surface area contributed by atoms with Crippen molar-refractivity contribution in [3.63, 3.8) is 0 Å². The topological polar surface area (TPSA) is 81.3 Å². The molecule has 7 heteroatoms. The Morgan fingerprint density at radius 1 is 1.13 bits per heavy atom. The summed E-state index contributed by atoms with van der Waals surface area (Å²) < 4.78 is 1.54. The van der Waals surface area contributed by atoms with E-state index in [-0.39, 0.29) is 23.7 Å². The number of nitro benzene ring substituents is 1. The fourth-order valence-electron chi connectivity index (χ4n) is 2.51. The Balaban J connectivity index is 2.26. The normalized spacial score (nSPS) is 11.0. The fourth-order valence-corrected chi connectivity index (χ4v) is 2.51. The highest BCUT2D eigenvalue weighted by Gasteiger charge is 2.23. The van der Waals surface area contributed by atoms with Crippen molar-refractivity contribution in [2.45, 2.75) is 39.8 Å². The predicted octanol–water partition coefficient (Wildman–Crippen LogP) is 3.04. The van der Waals surface area contributed by atoms with E-state index in [9.17, 15) is 14.9 Å². The number of rotatable bonds is 5. The van der Waals surface area contributed by atoms with Crippen molar-refractivity contribution in [2.24, 2.45) is 0 Å². The molecule has 23 heavy (non-hydrogen) atoms. The third kappa shape index (κ3) is 3.56. The lowest BCUT2D eigenvalue weighted by Gasteiger charge is -2.30. The van der Waals surface area contributed by atoms with Gasteiger partial charge in [0.2, 0.25) is 0 Å². The molecule has 0 atom stereocenters. The molecule has 0 spiro atoms. The molecule has 1 amide bonds. The van der Waals surface area contributed by atoms with Crippen molar-refractivity contribution in [1.82, 2.24) is 14.7 Å². The van der Waals surface area contributed by atoms with Crippen LogP contribution < -0.4 is 0 Å². The van der Waals surface area contributed by atoms with Crippen molar-refractivity contribution < 1.29 is 9.72 Å². The van der Waals surface area contributed by atoms with Crippen molar-refractivity contribution in [1.29, 1.82) is 0 Å². The molecule has 0 bridgehead atoms. The van der Waals surface area contributed by atoms with Crippen LogP contribution in [0.1, 0.15) is 38.2 Å². The minimum absolute atomic E-state index is 0.0167. The van der Waals surface area contributed by atoms with Crippen LogP contribution in [0.15, 0.2) is 36.5 Å². The van der Waals surface area contributed by atoms with E-state index >= 15 is 0 Å². The highest BCUT2D eigenvalue weighted by Crippen LogP contribution is 2.16. The average molecular weight is 316 g/mol. The van der Waals surface area contributed by atoms with Gasteiger partial charge in [0.1, 0.15) is 0 Å². The Morgan fingerprint density at radius 2 is 1.70 bits per heavy atom. The SMILES string of the molecule is CC(C)N(C(=O)c1ccn(-c2ccc([N+](=O)[O-])cc2)n1)C(C)C. The molecule has 0 saturated heterocycles. The van der Waals surface area contributed by atoms with E-state index in [0.717, 1.165) is 0 Å². The molecule has 0 aliphatic heterocycles. The summed E-state index contributed by atoms with van der Waals surface area (Å²) in [5, 5.41) is 15.0. The van der Waals surface area contributed by atoms with Crippen LogP contribution in [0.2, 0.25) is 0 Å². The summed E-state index contributed by atoms with van der Waals surface area (Å²) in [4.78, 5) is 24.6. The maximum Gasteiger partial charge on any atom is 0.274 e. The van der Waals surface area contributed by atoms with E-state index in [1.54, 1.807) is 29.3 Å². The van der Waals surface area contributed by atoms with Crippen LogP contribution in [-0.4, -0.2) is 37.6 Å². The van der Waals surface area contributed by atoms with Crippen LogP contribution >= 0.6 is 0 Å². The smallest absolute Gasteiger partial charge is 0.274 e. The molecule has 1 aromatic heterocycles. The first kappa shape index (κ1) is 16.7. The second-order valence-corrected chi connectivity index (χ2v) is 5.82. The van der Waals surface area contributed by atoms with E-state index < -0.39 is 4.92 Å².